The van der Waals surface area contributed by atoms with Crippen LogP contribution in [0.3, 0.4) is 0 Å². The molecule has 8 nitrogen and oxygen atoms in total. The van der Waals surface area contributed by atoms with E-state index in [1.165, 1.54) is 0 Å². The zero-order chi connectivity index (χ0) is 19.4. The van der Waals surface area contributed by atoms with Gasteiger partial charge in [0.25, 0.3) is 0 Å². The molecule has 0 spiro atoms. The summed E-state index contributed by atoms with van der Waals surface area (Å²) in [6, 6.07) is 9.09. The van der Waals surface area contributed by atoms with Crippen molar-refractivity contribution in [2.24, 2.45) is 23.3 Å². The Kier molecular flexibility index (Phi) is 6.19. The molecular formula is C18H27N4O4P. The second-order valence-electron chi connectivity index (χ2n) is 7.16. The molecule has 2 heterocycles. The van der Waals surface area contributed by atoms with Crippen LogP contribution < -0.4 is 16.0 Å². The molecule has 0 unspecified atom stereocenters. The predicted molar refractivity (Wildman–Crippen MR) is 102 cm³/mol. The molecule has 0 aliphatic carbocycles. The van der Waals surface area contributed by atoms with Crippen LogP contribution in [0.4, 0.5) is 0 Å². The highest BCUT2D eigenvalue weighted by atomic mass is 31.2. The Bertz CT molecular complexity index is 675. The number of nitrogens with two attached hydrogens (primary N) is 2. The zero-order valence-corrected chi connectivity index (χ0v) is 16.2. The lowest BCUT2D eigenvalue weighted by Crippen LogP contribution is -2.45. The van der Waals surface area contributed by atoms with Crippen LogP contribution in [-0.2, 0) is 14.2 Å². The van der Waals surface area contributed by atoms with E-state index in [0.29, 0.717) is 57.6 Å². The van der Waals surface area contributed by atoms with Crippen molar-refractivity contribution >= 4 is 19.5 Å². The first-order valence-electron chi connectivity index (χ1n) is 9.34. The van der Waals surface area contributed by atoms with Crippen molar-refractivity contribution in [2.45, 2.75) is 25.7 Å². The van der Waals surface area contributed by atoms with E-state index in [1.54, 1.807) is 12.1 Å². The third-order valence-electron chi connectivity index (χ3n) is 5.43. The van der Waals surface area contributed by atoms with Crippen LogP contribution in [0.25, 0.3) is 0 Å². The van der Waals surface area contributed by atoms with Crippen molar-refractivity contribution in [1.29, 1.82) is 0 Å². The fraction of sp³-hybridized carbons (Fsp3) is 0.556. The first-order chi connectivity index (χ1) is 12.9. The molecule has 2 fully saturated rings. The number of piperidine rings is 2. The van der Waals surface area contributed by atoms with Gasteiger partial charge in [0.15, 0.2) is 0 Å². The third-order valence-corrected chi connectivity index (χ3v) is 8.11. The highest BCUT2D eigenvalue weighted by Gasteiger charge is 2.44. The van der Waals surface area contributed by atoms with Crippen molar-refractivity contribution < 1.29 is 18.7 Å². The summed E-state index contributed by atoms with van der Waals surface area (Å²) >= 11 is 0. The van der Waals surface area contributed by atoms with Gasteiger partial charge in [-0.15, -0.1) is 0 Å². The molecule has 2 aliphatic heterocycles. The molecule has 2 saturated heterocycles. The summed E-state index contributed by atoms with van der Waals surface area (Å²) in [5, 5.41) is 0. The van der Waals surface area contributed by atoms with E-state index in [-0.39, 0.29) is 23.7 Å². The Morgan fingerprint density at radius 2 is 1.26 bits per heavy atom. The summed E-state index contributed by atoms with van der Waals surface area (Å²) in [7, 11) is -3.34. The maximum absolute atomic E-state index is 14.0. The van der Waals surface area contributed by atoms with E-state index in [4.69, 9.17) is 16.0 Å². The fourth-order valence-corrected chi connectivity index (χ4v) is 6.18. The van der Waals surface area contributed by atoms with Gasteiger partial charge < -0.3 is 16.0 Å². The Balaban J connectivity index is 1.78. The molecule has 1 aromatic carbocycles. The summed E-state index contributed by atoms with van der Waals surface area (Å²) in [5.41, 5.74) is 10.8. The minimum absolute atomic E-state index is 0.188. The minimum Gasteiger partial charge on any atom is -0.422 e. The van der Waals surface area contributed by atoms with Gasteiger partial charge >= 0.3 is 7.67 Å². The Morgan fingerprint density at radius 1 is 0.852 bits per heavy atom. The smallest absolute Gasteiger partial charge is 0.395 e. The summed E-state index contributed by atoms with van der Waals surface area (Å²) < 4.78 is 23.8. The number of amides is 2. The second-order valence-corrected chi connectivity index (χ2v) is 9.45. The topological polar surface area (TPSA) is 119 Å². The van der Waals surface area contributed by atoms with Gasteiger partial charge in [-0.25, -0.2) is 13.9 Å². The predicted octanol–water partition coefficient (Wildman–Crippen LogP) is 1.57. The number of hydrogen-bond donors (Lipinski definition) is 2. The molecule has 0 saturated carbocycles. The number of para-hydroxylation sites is 1. The Morgan fingerprint density at radius 3 is 1.63 bits per heavy atom. The van der Waals surface area contributed by atoms with E-state index < -0.39 is 7.67 Å². The fourth-order valence-electron chi connectivity index (χ4n) is 3.72. The lowest BCUT2D eigenvalue weighted by atomic mass is 9.98. The van der Waals surface area contributed by atoms with E-state index in [9.17, 15) is 14.2 Å². The summed E-state index contributed by atoms with van der Waals surface area (Å²) in [6.45, 7) is 1.92. The van der Waals surface area contributed by atoms with E-state index in [0.717, 1.165) is 0 Å². The quantitative estimate of drug-likeness (QED) is 0.707. The number of carbonyl (C=O) groups is 2. The molecule has 148 valence electrons. The normalized spacial score (nSPS) is 21.0. The number of primary amides is 2. The third kappa shape index (κ3) is 4.51. The summed E-state index contributed by atoms with van der Waals surface area (Å²) in [4.78, 5) is 22.9. The lowest BCUT2D eigenvalue weighted by Gasteiger charge is -2.42. The monoisotopic (exact) mass is 394 g/mol. The van der Waals surface area contributed by atoms with Gasteiger partial charge in [0.05, 0.1) is 0 Å². The molecule has 0 atom stereocenters. The molecule has 1 aromatic rings. The van der Waals surface area contributed by atoms with Gasteiger partial charge in [-0.1, -0.05) is 18.2 Å². The molecule has 0 aromatic heterocycles. The maximum atomic E-state index is 14.0. The summed E-state index contributed by atoms with van der Waals surface area (Å²) in [5.74, 6) is -0.458. The molecule has 4 N–H and O–H groups in total. The standard InChI is InChI=1S/C18H27N4O4P/c19-17(23)14-6-10-21(11-7-14)27(25,26-16-4-2-1-3-5-16)22-12-8-15(9-13-22)18(20)24/h1-5,14-15H,6-13H2,(H2,19,23)(H2,20,24). The highest BCUT2D eigenvalue weighted by molar-refractivity contribution is 7.54. The van der Waals surface area contributed by atoms with Crippen molar-refractivity contribution in [3.8, 4) is 5.75 Å². The highest BCUT2D eigenvalue weighted by Crippen LogP contribution is 2.56. The number of hydrogen-bond acceptors (Lipinski definition) is 4. The second kappa shape index (κ2) is 8.42. The molecule has 27 heavy (non-hydrogen) atoms. The Labute approximate surface area is 159 Å². The van der Waals surface area contributed by atoms with E-state index >= 15 is 0 Å². The summed E-state index contributed by atoms with van der Waals surface area (Å²) in [6.07, 6.45) is 2.26. The largest absolute Gasteiger partial charge is 0.422 e. The van der Waals surface area contributed by atoms with Crippen molar-refractivity contribution in [3.63, 3.8) is 0 Å². The first kappa shape index (κ1) is 19.9. The number of rotatable bonds is 6. The number of carbonyl (C=O) groups excluding carboxylic acids is 2. The van der Waals surface area contributed by atoms with Crippen molar-refractivity contribution in [2.75, 3.05) is 26.2 Å². The van der Waals surface area contributed by atoms with Gasteiger partial charge in [0.1, 0.15) is 5.75 Å². The zero-order valence-electron chi connectivity index (χ0n) is 15.3. The molecular weight excluding hydrogens is 367 g/mol. The van der Waals surface area contributed by atoms with Crippen molar-refractivity contribution in [1.82, 2.24) is 9.34 Å². The number of nitrogens with zero attached hydrogens (tertiary/aromatic N) is 2. The SMILES string of the molecule is NC(=O)C1CCN(P(=O)(Oc2ccccc2)N2CCC(C(N)=O)CC2)CC1. The first-order valence-corrected chi connectivity index (χ1v) is 10.9. The van der Waals surface area contributed by atoms with Crippen LogP contribution in [0.2, 0.25) is 0 Å². The molecule has 0 radical (unpaired) electrons. The van der Waals surface area contributed by atoms with Gasteiger partial charge in [-0.2, -0.15) is 0 Å². The molecule has 9 heteroatoms. The molecule has 0 bridgehead atoms. The Hall–Kier alpha value is -1.89. The van der Waals surface area contributed by atoms with Crippen LogP contribution >= 0.6 is 7.67 Å². The number of benzene rings is 1. The van der Waals surface area contributed by atoms with Gasteiger partial charge in [0, 0.05) is 38.0 Å². The van der Waals surface area contributed by atoms with E-state index in [1.807, 2.05) is 27.5 Å². The minimum atomic E-state index is -3.34. The van der Waals surface area contributed by atoms with Gasteiger partial charge in [0.2, 0.25) is 11.8 Å². The van der Waals surface area contributed by atoms with E-state index in [2.05, 4.69) is 0 Å². The van der Waals surface area contributed by atoms with Crippen LogP contribution in [-0.4, -0.2) is 47.3 Å². The van der Waals surface area contributed by atoms with Crippen LogP contribution in [0.1, 0.15) is 25.7 Å². The van der Waals surface area contributed by atoms with Crippen LogP contribution in [0, 0.1) is 11.8 Å². The maximum Gasteiger partial charge on any atom is 0.395 e. The van der Waals surface area contributed by atoms with Gasteiger partial charge in [-0.3, -0.25) is 9.59 Å². The van der Waals surface area contributed by atoms with Crippen LogP contribution in [0.5, 0.6) is 5.75 Å². The molecule has 2 amide bonds. The lowest BCUT2D eigenvalue weighted by molar-refractivity contribution is -0.123. The molecule has 2 aliphatic rings. The van der Waals surface area contributed by atoms with Crippen LogP contribution in [0.15, 0.2) is 30.3 Å². The van der Waals surface area contributed by atoms with Gasteiger partial charge in [-0.05, 0) is 37.8 Å². The van der Waals surface area contributed by atoms with Crippen molar-refractivity contribution in [3.05, 3.63) is 30.3 Å². The average Bonchev–Trinajstić information content (AvgIpc) is 2.69. The molecule has 3 rings (SSSR count). The average molecular weight is 394 g/mol.